The van der Waals surface area contributed by atoms with E-state index in [1.807, 2.05) is 36.5 Å². The molecule has 0 amide bonds. The zero-order chi connectivity index (χ0) is 16.7. The van der Waals surface area contributed by atoms with Gasteiger partial charge in [-0.3, -0.25) is 0 Å². The van der Waals surface area contributed by atoms with Crippen LogP contribution in [0.1, 0.15) is 35.3 Å². The first-order valence-corrected chi connectivity index (χ1v) is 8.02. The summed E-state index contributed by atoms with van der Waals surface area (Å²) in [4.78, 5) is 0. The normalized spacial score (nSPS) is 17.0. The molecule has 0 bridgehead atoms. The molecule has 0 radical (unpaired) electrons. The maximum Gasteiger partial charge on any atom is 0.270 e. The largest absolute Gasteiger partial charge is 0.319 e. The molecule has 3 aromatic rings. The molecule has 1 N–H and O–H groups in total. The average molecular weight is 324 g/mol. The van der Waals surface area contributed by atoms with Crippen LogP contribution in [0.4, 0.5) is 8.78 Å². The molecule has 2 nitrogen and oxygen atoms in total. The Kier molecular flexibility index (Phi) is 3.50. The lowest BCUT2D eigenvalue weighted by Gasteiger charge is -2.23. The molecule has 0 saturated carbocycles. The minimum absolute atomic E-state index is 0.0706. The number of para-hydroxylation sites is 1. The minimum atomic E-state index is -2.88. The van der Waals surface area contributed by atoms with Crippen molar-refractivity contribution in [1.82, 2.24) is 9.88 Å². The Morgan fingerprint density at radius 2 is 1.75 bits per heavy atom. The third-order valence-electron chi connectivity index (χ3n) is 4.57. The van der Waals surface area contributed by atoms with Gasteiger partial charge in [0.2, 0.25) is 0 Å². The van der Waals surface area contributed by atoms with Crippen LogP contribution in [0.5, 0.6) is 0 Å². The van der Waals surface area contributed by atoms with Crippen LogP contribution in [0.3, 0.4) is 0 Å². The Morgan fingerprint density at radius 1 is 1.00 bits per heavy atom. The van der Waals surface area contributed by atoms with E-state index < -0.39 is 5.92 Å². The molecule has 0 spiro atoms. The summed E-state index contributed by atoms with van der Waals surface area (Å²) in [6, 6.07) is 18.6. The highest BCUT2D eigenvalue weighted by molar-refractivity contribution is 5.48. The molecule has 1 unspecified atom stereocenters. The molecular formula is C20H18F2N2. The van der Waals surface area contributed by atoms with Crippen LogP contribution in [0.15, 0.2) is 66.9 Å². The average Bonchev–Trinajstić information content (AvgIpc) is 2.99. The van der Waals surface area contributed by atoms with Crippen LogP contribution in [0, 0.1) is 0 Å². The Labute approximate surface area is 139 Å². The van der Waals surface area contributed by atoms with Crippen LogP contribution in [0.2, 0.25) is 0 Å². The van der Waals surface area contributed by atoms with E-state index in [9.17, 15) is 8.78 Å². The van der Waals surface area contributed by atoms with Crippen molar-refractivity contribution in [3.8, 4) is 5.69 Å². The molecule has 24 heavy (non-hydrogen) atoms. The quantitative estimate of drug-likeness (QED) is 0.718. The third-order valence-corrected chi connectivity index (χ3v) is 4.57. The van der Waals surface area contributed by atoms with Gasteiger partial charge in [0.05, 0.1) is 6.04 Å². The monoisotopic (exact) mass is 324 g/mol. The predicted molar refractivity (Wildman–Crippen MR) is 90.5 cm³/mol. The molecule has 1 aliphatic rings. The van der Waals surface area contributed by atoms with E-state index in [0.29, 0.717) is 12.1 Å². The second kappa shape index (κ2) is 5.56. The number of halogens is 2. The van der Waals surface area contributed by atoms with Gasteiger partial charge in [-0.15, -0.1) is 0 Å². The van der Waals surface area contributed by atoms with Crippen molar-refractivity contribution >= 4 is 0 Å². The summed E-state index contributed by atoms with van der Waals surface area (Å²) in [5.41, 5.74) is 3.90. The predicted octanol–water partition coefficient (Wildman–Crippen LogP) is 4.78. The van der Waals surface area contributed by atoms with Gasteiger partial charge in [0, 0.05) is 36.6 Å². The number of fused-ring (bicyclic) bond motifs is 3. The van der Waals surface area contributed by atoms with Crippen LogP contribution in [-0.2, 0) is 12.5 Å². The highest BCUT2D eigenvalue weighted by Crippen LogP contribution is 2.37. The molecule has 1 aromatic heterocycles. The molecule has 0 saturated heterocycles. The smallest absolute Gasteiger partial charge is 0.270 e. The first kappa shape index (κ1) is 15.1. The molecule has 4 rings (SSSR count). The van der Waals surface area contributed by atoms with Gasteiger partial charge in [-0.1, -0.05) is 42.5 Å². The van der Waals surface area contributed by atoms with Gasteiger partial charge in [0.15, 0.2) is 0 Å². The van der Waals surface area contributed by atoms with Crippen molar-refractivity contribution in [3.05, 3.63) is 89.2 Å². The maximum atomic E-state index is 14.1. The van der Waals surface area contributed by atoms with E-state index in [-0.39, 0.29) is 11.6 Å². The summed E-state index contributed by atoms with van der Waals surface area (Å²) in [7, 11) is 0. The first-order chi connectivity index (χ1) is 11.6. The van der Waals surface area contributed by atoms with Gasteiger partial charge in [-0.25, -0.2) is 8.78 Å². The number of nitrogens with zero attached hydrogens (tertiary/aromatic N) is 1. The standard InChI is InChI=1S/C20H18F2N2/c1-20(21,22)16-9-4-3-8-15(16)19-18-11-6-12-24(18)17-10-5-2-7-14(17)13-23-19/h2-12,19,23H,13H2,1H3. The topological polar surface area (TPSA) is 17.0 Å². The van der Waals surface area contributed by atoms with E-state index in [1.54, 1.807) is 12.1 Å². The fourth-order valence-corrected chi connectivity index (χ4v) is 3.48. The SMILES string of the molecule is CC(F)(F)c1ccccc1C1NCc2ccccc2-n2cccc21. The van der Waals surface area contributed by atoms with E-state index in [4.69, 9.17) is 0 Å². The number of benzene rings is 2. The van der Waals surface area contributed by atoms with Gasteiger partial charge < -0.3 is 9.88 Å². The highest BCUT2D eigenvalue weighted by Gasteiger charge is 2.32. The zero-order valence-electron chi connectivity index (χ0n) is 13.3. The van der Waals surface area contributed by atoms with Crippen LogP contribution >= 0.6 is 0 Å². The zero-order valence-corrected chi connectivity index (χ0v) is 13.3. The van der Waals surface area contributed by atoms with Crippen LogP contribution in [0.25, 0.3) is 5.69 Å². The van der Waals surface area contributed by atoms with Crippen molar-refractivity contribution in [2.75, 3.05) is 0 Å². The van der Waals surface area contributed by atoms with Crippen LogP contribution < -0.4 is 5.32 Å². The lowest BCUT2D eigenvalue weighted by molar-refractivity contribution is 0.0162. The highest BCUT2D eigenvalue weighted by atomic mass is 19.3. The van der Waals surface area contributed by atoms with Crippen molar-refractivity contribution < 1.29 is 8.78 Å². The number of nitrogens with one attached hydrogen (secondary N) is 1. The number of hydrogen-bond acceptors (Lipinski definition) is 1. The first-order valence-electron chi connectivity index (χ1n) is 8.02. The lowest BCUT2D eigenvalue weighted by Crippen LogP contribution is -2.24. The van der Waals surface area contributed by atoms with Gasteiger partial charge in [0.25, 0.3) is 5.92 Å². The second-order valence-electron chi connectivity index (χ2n) is 6.22. The summed E-state index contributed by atoms with van der Waals surface area (Å²) in [5, 5.41) is 3.45. The summed E-state index contributed by atoms with van der Waals surface area (Å²) < 4.78 is 30.3. The summed E-state index contributed by atoms with van der Waals surface area (Å²) >= 11 is 0. The third kappa shape index (κ3) is 2.43. The van der Waals surface area contributed by atoms with Gasteiger partial charge in [-0.2, -0.15) is 0 Å². The second-order valence-corrected chi connectivity index (χ2v) is 6.22. The molecule has 4 heteroatoms. The molecule has 122 valence electrons. The molecule has 2 aromatic carbocycles. The van der Waals surface area contributed by atoms with E-state index in [0.717, 1.165) is 23.9 Å². The molecule has 0 fully saturated rings. The van der Waals surface area contributed by atoms with E-state index in [2.05, 4.69) is 22.0 Å². The molecule has 0 aliphatic carbocycles. The maximum absolute atomic E-state index is 14.1. The summed E-state index contributed by atoms with van der Waals surface area (Å²) in [5.74, 6) is -2.88. The van der Waals surface area contributed by atoms with Gasteiger partial charge in [0.1, 0.15) is 0 Å². The fraction of sp³-hybridized carbons (Fsp3) is 0.200. The Morgan fingerprint density at radius 3 is 2.58 bits per heavy atom. The molecule has 2 heterocycles. The summed E-state index contributed by atoms with van der Waals surface area (Å²) in [6.07, 6.45) is 1.99. The van der Waals surface area contributed by atoms with Gasteiger partial charge >= 0.3 is 0 Å². The number of alkyl halides is 2. The Hall–Kier alpha value is -2.46. The Balaban J connectivity index is 1.89. The van der Waals surface area contributed by atoms with Gasteiger partial charge in [-0.05, 0) is 29.3 Å². The molecular weight excluding hydrogens is 306 g/mol. The van der Waals surface area contributed by atoms with Crippen molar-refractivity contribution in [3.63, 3.8) is 0 Å². The van der Waals surface area contributed by atoms with Crippen molar-refractivity contribution in [2.24, 2.45) is 0 Å². The lowest BCUT2D eigenvalue weighted by atomic mass is 9.94. The number of hydrogen-bond donors (Lipinski definition) is 1. The minimum Gasteiger partial charge on any atom is -0.319 e. The number of aromatic nitrogens is 1. The Bertz CT molecular complexity index is 877. The number of rotatable bonds is 2. The molecule has 1 atom stereocenters. The fourth-order valence-electron chi connectivity index (χ4n) is 3.48. The van der Waals surface area contributed by atoms with E-state index >= 15 is 0 Å². The van der Waals surface area contributed by atoms with E-state index in [1.165, 1.54) is 6.07 Å². The van der Waals surface area contributed by atoms with Crippen molar-refractivity contribution in [1.29, 1.82) is 0 Å². The van der Waals surface area contributed by atoms with Crippen molar-refractivity contribution in [2.45, 2.75) is 25.4 Å². The van der Waals surface area contributed by atoms with Crippen LogP contribution in [-0.4, -0.2) is 4.57 Å². The summed E-state index contributed by atoms with van der Waals surface area (Å²) in [6.45, 7) is 1.59. The molecule has 1 aliphatic heterocycles.